The molecule has 1 fully saturated rings. The van der Waals surface area contributed by atoms with Crippen LogP contribution in [0.1, 0.15) is 40.2 Å². The molecule has 1 amide bonds. The highest BCUT2D eigenvalue weighted by Gasteiger charge is 2.45. The number of amides is 1. The second-order valence-corrected chi connectivity index (χ2v) is 7.53. The van der Waals surface area contributed by atoms with Crippen LogP contribution in [0, 0.1) is 11.8 Å². The smallest absolute Gasteiger partial charge is 0.339 e. The van der Waals surface area contributed by atoms with Crippen LogP contribution in [0.3, 0.4) is 0 Å². The normalized spacial score (nSPS) is 22.8. The standard InChI is InChI=1S/C20H19ClN2O4/c1-27-20(26)14-5-3-12(8-16(14)21)23-19(25)18-10-2-4-13(18)15-9-22-17(24)7-11(15)6-10/h3,5,7-10,13,18H,2,4,6H2,1H3,(H,22,24)(H,23,25). The van der Waals surface area contributed by atoms with Gasteiger partial charge in [-0.25, -0.2) is 4.79 Å². The van der Waals surface area contributed by atoms with Crippen LogP contribution in [-0.4, -0.2) is 24.0 Å². The molecular formula is C20H19ClN2O4. The highest BCUT2D eigenvalue weighted by Crippen LogP contribution is 2.50. The molecule has 1 saturated carbocycles. The molecular weight excluding hydrogens is 368 g/mol. The van der Waals surface area contributed by atoms with Gasteiger partial charge in [-0.1, -0.05) is 11.6 Å². The summed E-state index contributed by atoms with van der Waals surface area (Å²) in [6.45, 7) is 0. The zero-order valence-corrected chi connectivity index (χ0v) is 15.5. The number of fused-ring (bicyclic) bond motifs is 4. The monoisotopic (exact) mass is 386 g/mol. The van der Waals surface area contributed by atoms with Gasteiger partial charge in [0.25, 0.3) is 0 Å². The van der Waals surface area contributed by atoms with Gasteiger partial charge in [0, 0.05) is 23.9 Å². The van der Waals surface area contributed by atoms with Gasteiger partial charge >= 0.3 is 5.97 Å². The van der Waals surface area contributed by atoms with E-state index < -0.39 is 5.97 Å². The highest BCUT2D eigenvalue weighted by molar-refractivity contribution is 6.34. The molecule has 4 rings (SSSR count). The molecule has 140 valence electrons. The molecule has 0 radical (unpaired) electrons. The van der Waals surface area contributed by atoms with Crippen molar-refractivity contribution in [3.63, 3.8) is 0 Å². The van der Waals surface area contributed by atoms with Crippen LogP contribution in [-0.2, 0) is 16.0 Å². The fourth-order valence-corrected chi connectivity index (χ4v) is 4.74. The van der Waals surface area contributed by atoms with Gasteiger partial charge in [0.2, 0.25) is 11.5 Å². The van der Waals surface area contributed by atoms with Crippen molar-refractivity contribution in [3.8, 4) is 0 Å². The summed E-state index contributed by atoms with van der Waals surface area (Å²) in [5.74, 6) is -0.368. The lowest BCUT2D eigenvalue weighted by Gasteiger charge is -2.31. The summed E-state index contributed by atoms with van der Waals surface area (Å²) < 4.78 is 4.68. The minimum atomic E-state index is -0.520. The number of H-pyrrole nitrogens is 1. The molecule has 27 heavy (non-hydrogen) atoms. The Balaban J connectivity index is 1.56. The second kappa shape index (κ2) is 6.85. The van der Waals surface area contributed by atoms with Crippen molar-refractivity contribution in [1.29, 1.82) is 0 Å². The largest absolute Gasteiger partial charge is 0.465 e. The minimum Gasteiger partial charge on any atom is -0.465 e. The number of esters is 1. The van der Waals surface area contributed by atoms with E-state index in [0.29, 0.717) is 5.69 Å². The SMILES string of the molecule is COC(=O)c1ccc(NC(=O)C2C3CCC2c2c[nH]c(=O)cc2C3)cc1Cl. The molecule has 1 aromatic heterocycles. The van der Waals surface area contributed by atoms with Crippen molar-refractivity contribution >= 4 is 29.2 Å². The van der Waals surface area contributed by atoms with Crippen molar-refractivity contribution < 1.29 is 14.3 Å². The van der Waals surface area contributed by atoms with E-state index in [-0.39, 0.29) is 39.8 Å². The van der Waals surface area contributed by atoms with E-state index in [1.165, 1.54) is 7.11 Å². The predicted molar refractivity (Wildman–Crippen MR) is 101 cm³/mol. The highest BCUT2D eigenvalue weighted by atomic mass is 35.5. The molecule has 2 aliphatic carbocycles. The summed E-state index contributed by atoms with van der Waals surface area (Å²) in [7, 11) is 1.29. The summed E-state index contributed by atoms with van der Waals surface area (Å²) in [4.78, 5) is 38.9. The lowest BCUT2D eigenvalue weighted by Crippen LogP contribution is -2.34. The summed E-state index contributed by atoms with van der Waals surface area (Å²) >= 11 is 6.14. The van der Waals surface area contributed by atoms with Crippen molar-refractivity contribution in [3.05, 3.63) is 62.5 Å². The Bertz CT molecular complexity index is 984. The number of nitrogens with one attached hydrogen (secondary N) is 2. The Hall–Kier alpha value is -2.60. The molecule has 2 aromatic rings. The number of ether oxygens (including phenoxy) is 1. The molecule has 2 bridgehead atoms. The fourth-order valence-electron chi connectivity index (χ4n) is 4.48. The number of halogens is 1. The molecule has 7 heteroatoms. The van der Waals surface area contributed by atoms with Crippen LogP contribution in [0.25, 0.3) is 0 Å². The van der Waals surface area contributed by atoms with Gasteiger partial charge in [-0.3, -0.25) is 9.59 Å². The third-order valence-electron chi connectivity index (χ3n) is 5.66. The van der Waals surface area contributed by atoms with Gasteiger partial charge in [0.15, 0.2) is 0 Å². The van der Waals surface area contributed by atoms with Crippen molar-refractivity contribution in [2.45, 2.75) is 25.2 Å². The van der Waals surface area contributed by atoms with E-state index in [1.54, 1.807) is 30.5 Å². The third kappa shape index (κ3) is 3.14. The number of pyridine rings is 1. The van der Waals surface area contributed by atoms with Crippen LogP contribution in [0.5, 0.6) is 0 Å². The Kier molecular flexibility index (Phi) is 4.52. The summed E-state index contributed by atoms with van der Waals surface area (Å²) in [6, 6.07) is 6.40. The van der Waals surface area contributed by atoms with Gasteiger partial charge in [-0.2, -0.15) is 0 Å². The number of rotatable bonds is 3. The Labute approximate surface area is 160 Å². The Morgan fingerprint density at radius 2 is 2.07 bits per heavy atom. The Morgan fingerprint density at radius 3 is 2.81 bits per heavy atom. The van der Waals surface area contributed by atoms with Gasteiger partial charge < -0.3 is 15.0 Å². The molecule has 2 N–H and O–H groups in total. The number of carbonyl (C=O) groups is 2. The second-order valence-electron chi connectivity index (χ2n) is 7.13. The van der Waals surface area contributed by atoms with E-state index in [1.807, 2.05) is 0 Å². The molecule has 0 saturated heterocycles. The molecule has 3 unspecified atom stereocenters. The minimum absolute atomic E-state index is 0.0544. The summed E-state index contributed by atoms with van der Waals surface area (Å²) in [6.07, 6.45) is 4.40. The van der Waals surface area contributed by atoms with E-state index in [0.717, 1.165) is 30.4 Å². The van der Waals surface area contributed by atoms with Crippen LogP contribution >= 0.6 is 11.6 Å². The quantitative estimate of drug-likeness (QED) is 0.793. The maximum Gasteiger partial charge on any atom is 0.339 e. The van der Waals surface area contributed by atoms with Crippen molar-refractivity contribution in [2.75, 3.05) is 12.4 Å². The number of aromatic nitrogens is 1. The first kappa shape index (κ1) is 17.8. The van der Waals surface area contributed by atoms with E-state index in [9.17, 15) is 14.4 Å². The summed E-state index contributed by atoms with van der Waals surface area (Å²) in [5.41, 5.74) is 2.83. The molecule has 2 aliphatic rings. The van der Waals surface area contributed by atoms with Crippen molar-refractivity contribution in [2.24, 2.45) is 11.8 Å². The maximum atomic E-state index is 13.0. The predicted octanol–water partition coefficient (Wildman–Crippen LogP) is 3.12. The first-order chi connectivity index (χ1) is 13.0. The average Bonchev–Trinajstić information content (AvgIpc) is 2.96. The number of aromatic amines is 1. The number of hydrogen-bond donors (Lipinski definition) is 2. The topological polar surface area (TPSA) is 88.3 Å². The number of anilines is 1. The van der Waals surface area contributed by atoms with Crippen LogP contribution in [0.2, 0.25) is 5.02 Å². The first-order valence-electron chi connectivity index (χ1n) is 8.88. The number of carbonyl (C=O) groups excluding carboxylic acids is 2. The van der Waals surface area contributed by atoms with Crippen molar-refractivity contribution in [1.82, 2.24) is 4.98 Å². The van der Waals surface area contributed by atoms with Crippen LogP contribution < -0.4 is 10.9 Å². The van der Waals surface area contributed by atoms with E-state index in [4.69, 9.17) is 11.6 Å². The van der Waals surface area contributed by atoms with Crippen LogP contribution in [0.15, 0.2) is 35.3 Å². The zero-order chi connectivity index (χ0) is 19.1. The fraction of sp³-hybridized carbons (Fsp3) is 0.350. The molecule has 3 atom stereocenters. The van der Waals surface area contributed by atoms with E-state index >= 15 is 0 Å². The molecule has 0 aliphatic heterocycles. The lowest BCUT2D eigenvalue weighted by molar-refractivity contribution is -0.121. The zero-order valence-electron chi connectivity index (χ0n) is 14.8. The van der Waals surface area contributed by atoms with E-state index in [2.05, 4.69) is 15.0 Å². The number of benzene rings is 1. The van der Waals surface area contributed by atoms with Gasteiger partial charge in [0.05, 0.1) is 17.7 Å². The third-order valence-corrected chi connectivity index (χ3v) is 5.97. The Morgan fingerprint density at radius 1 is 1.26 bits per heavy atom. The summed E-state index contributed by atoms with van der Waals surface area (Å²) in [5, 5.41) is 3.16. The average molecular weight is 387 g/mol. The maximum absolute atomic E-state index is 13.0. The number of methoxy groups -OCH3 is 1. The number of hydrogen-bond acceptors (Lipinski definition) is 4. The van der Waals surface area contributed by atoms with Gasteiger partial charge in [-0.15, -0.1) is 0 Å². The van der Waals surface area contributed by atoms with Crippen LogP contribution in [0.4, 0.5) is 5.69 Å². The molecule has 1 aromatic carbocycles. The van der Waals surface area contributed by atoms with Gasteiger partial charge in [-0.05, 0) is 60.4 Å². The molecule has 1 heterocycles. The molecule has 0 spiro atoms. The lowest BCUT2D eigenvalue weighted by atomic mass is 9.75. The molecule has 6 nitrogen and oxygen atoms in total. The first-order valence-corrected chi connectivity index (χ1v) is 9.26. The van der Waals surface area contributed by atoms with Gasteiger partial charge in [0.1, 0.15) is 0 Å².